The van der Waals surface area contributed by atoms with Crippen LogP contribution >= 0.6 is 0 Å². The summed E-state index contributed by atoms with van der Waals surface area (Å²) in [6, 6.07) is 4.44. The summed E-state index contributed by atoms with van der Waals surface area (Å²) in [5.74, 6) is 1.67. The maximum atomic E-state index is 4.27. The van der Waals surface area contributed by atoms with Gasteiger partial charge in [-0.1, -0.05) is 0 Å². The third-order valence-electron chi connectivity index (χ3n) is 3.73. The Kier molecular flexibility index (Phi) is 3.94. The Bertz CT molecular complexity index is 327. The summed E-state index contributed by atoms with van der Waals surface area (Å²) in [5.41, 5.74) is 2.64. The van der Waals surface area contributed by atoms with E-state index >= 15 is 0 Å². The highest BCUT2D eigenvalue weighted by Gasteiger charge is 2.21. The number of hydrogen-bond donors (Lipinski definition) is 1. The van der Waals surface area contributed by atoms with Gasteiger partial charge in [-0.05, 0) is 75.7 Å². The molecule has 0 aromatic carbocycles. The van der Waals surface area contributed by atoms with Gasteiger partial charge in [-0.2, -0.15) is 0 Å². The summed E-state index contributed by atoms with van der Waals surface area (Å²) < 4.78 is 0. The van der Waals surface area contributed by atoms with Crippen LogP contribution in [0.4, 0.5) is 0 Å². The van der Waals surface area contributed by atoms with Crippen LogP contribution < -0.4 is 5.32 Å². The molecule has 0 unspecified atom stereocenters. The van der Waals surface area contributed by atoms with Crippen molar-refractivity contribution >= 4 is 0 Å². The molecule has 0 aliphatic heterocycles. The Labute approximate surface area is 98.5 Å². The van der Waals surface area contributed by atoms with E-state index in [1.807, 2.05) is 6.20 Å². The molecule has 1 aromatic heterocycles. The van der Waals surface area contributed by atoms with Gasteiger partial charge in [0.15, 0.2) is 0 Å². The lowest BCUT2D eigenvalue weighted by molar-refractivity contribution is 0.320. The first-order valence-electron chi connectivity index (χ1n) is 6.36. The molecule has 88 valence electrons. The lowest BCUT2D eigenvalue weighted by Gasteiger charge is -2.28. The first-order chi connectivity index (χ1) is 7.79. The van der Waals surface area contributed by atoms with Crippen LogP contribution in [0.5, 0.6) is 0 Å². The van der Waals surface area contributed by atoms with Crippen LogP contribution in [0.2, 0.25) is 0 Å². The zero-order valence-electron chi connectivity index (χ0n) is 10.4. The normalized spacial score (nSPS) is 25.6. The molecule has 2 heteroatoms. The third-order valence-corrected chi connectivity index (χ3v) is 3.73. The second-order valence-corrected chi connectivity index (χ2v) is 5.01. The number of aromatic nitrogens is 1. The predicted molar refractivity (Wildman–Crippen MR) is 67.6 cm³/mol. The molecule has 0 amide bonds. The SMILES string of the molecule is CNCC1CCC(c2ccnc(C)c2)CC1. The minimum Gasteiger partial charge on any atom is -0.319 e. The van der Waals surface area contributed by atoms with Crippen LogP contribution in [0.1, 0.15) is 42.9 Å². The molecule has 1 aliphatic carbocycles. The monoisotopic (exact) mass is 218 g/mol. The molecule has 16 heavy (non-hydrogen) atoms. The molecule has 1 N–H and O–H groups in total. The maximum Gasteiger partial charge on any atom is 0.0375 e. The quantitative estimate of drug-likeness (QED) is 0.844. The van der Waals surface area contributed by atoms with Gasteiger partial charge in [0.05, 0.1) is 0 Å². The maximum absolute atomic E-state index is 4.27. The van der Waals surface area contributed by atoms with Crippen LogP contribution in [0.25, 0.3) is 0 Å². The minimum absolute atomic E-state index is 0.773. The van der Waals surface area contributed by atoms with Gasteiger partial charge in [-0.15, -0.1) is 0 Å². The summed E-state index contributed by atoms with van der Waals surface area (Å²) in [5, 5.41) is 3.29. The molecule has 0 spiro atoms. The lowest BCUT2D eigenvalue weighted by Crippen LogP contribution is -2.23. The van der Waals surface area contributed by atoms with Crippen molar-refractivity contribution in [1.82, 2.24) is 10.3 Å². The van der Waals surface area contributed by atoms with Crippen LogP contribution in [0.15, 0.2) is 18.3 Å². The second-order valence-electron chi connectivity index (χ2n) is 5.01. The van der Waals surface area contributed by atoms with Gasteiger partial charge >= 0.3 is 0 Å². The van der Waals surface area contributed by atoms with Crippen molar-refractivity contribution in [2.45, 2.75) is 38.5 Å². The van der Waals surface area contributed by atoms with Gasteiger partial charge in [0.2, 0.25) is 0 Å². The van der Waals surface area contributed by atoms with Crippen molar-refractivity contribution in [1.29, 1.82) is 0 Å². The van der Waals surface area contributed by atoms with Crippen LogP contribution in [-0.4, -0.2) is 18.6 Å². The van der Waals surface area contributed by atoms with Crippen LogP contribution in [0, 0.1) is 12.8 Å². The van der Waals surface area contributed by atoms with Crippen molar-refractivity contribution in [2.24, 2.45) is 5.92 Å². The molecule has 0 saturated heterocycles. The number of nitrogens with zero attached hydrogens (tertiary/aromatic N) is 1. The highest BCUT2D eigenvalue weighted by atomic mass is 14.8. The molecule has 1 aliphatic rings. The van der Waals surface area contributed by atoms with E-state index in [4.69, 9.17) is 0 Å². The number of rotatable bonds is 3. The van der Waals surface area contributed by atoms with Crippen LogP contribution in [0.3, 0.4) is 0 Å². The summed E-state index contributed by atoms with van der Waals surface area (Å²) >= 11 is 0. The van der Waals surface area contributed by atoms with E-state index in [9.17, 15) is 0 Å². The Hall–Kier alpha value is -0.890. The number of hydrogen-bond acceptors (Lipinski definition) is 2. The van der Waals surface area contributed by atoms with E-state index in [1.54, 1.807) is 0 Å². The molecular formula is C14H22N2. The molecule has 2 rings (SSSR count). The average molecular weight is 218 g/mol. The van der Waals surface area contributed by atoms with Gasteiger partial charge in [0, 0.05) is 11.9 Å². The van der Waals surface area contributed by atoms with E-state index in [0.29, 0.717) is 0 Å². The minimum atomic E-state index is 0.773. The summed E-state index contributed by atoms with van der Waals surface area (Å²) in [4.78, 5) is 4.27. The molecular weight excluding hydrogens is 196 g/mol. The van der Waals surface area contributed by atoms with Crippen molar-refractivity contribution in [3.05, 3.63) is 29.6 Å². The Morgan fingerprint density at radius 1 is 1.31 bits per heavy atom. The predicted octanol–water partition coefficient (Wildman–Crippen LogP) is 2.88. The van der Waals surface area contributed by atoms with E-state index in [1.165, 1.54) is 37.8 Å². The fourth-order valence-corrected chi connectivity index (χ4v) is 2.81. The van der Waals surface area contributed by atoms with Gasteiger partial charge in [-0.3, -0.25) is 4.98 Å². The largest absolute Gasteiger partial charge is 0.319 e. The molecule has 0 atom stereocenters. The highest BCUT2D eigenvalue weighted by Crippen LogP contribution is 2.35. The number of aryl methyl sites for hydroxylation is 1. The first-order valence-corrected chi connectivity index (χ1v) is 6.36. The standard InChI is InChI=1S/C14H22N2/c1-11-9-14(7-8-16-11)13-5-3-12(4-6-13)10-15-2/h7-9,12-13,15H,3-6,10H2,1-2H3. The highest BCUT2D eigenvalue weighted by molar-refractivity contribution is 5.20. The Morgan fingerprint density at radius 2 is 2.06 bits per heavy atom. The molecule has 2 nitrogen and oxygen atoms in total. The van der Waals surface area contributed by atoms with E-state index < -0.39 is 0 Å². The van der Waals surface area contributed by atoms with Crippen molar-refractivity contribution in [2.75, 3.05) is 13.6 Å². The van der Waals surface area contributed by atoms with Gasteiger partial charge < -0.3 is 5.32 Å². The number of nitrogens with one attached hydrogen (secondary N) is 1. The molecule has 0 bridgehead atoms. The molecule has 1 fully saturated rings. The molecule has 0 radical (unpaired) electrons. The molecule has 1 aromatic rings. The fraction of sp³-hybridized carbons (Fsp3) is 0.643. The first kappa shape index (κ1) is 11.6. The zero-order chi connectivity index (χ0) is 11.4. The van der Waals surface area contributed by atoms with Gasteiger partial charge in [0.1, 0.15) is 0 Å². The summed E-state index contributed by atoms with van der Waals surface area (Å²) in [6.07, 6.45) is 7.37. The van der Waals surface area contributed by atoms with Crippen molar-refractivity contribution in [3.63, 3.8) is 0 Å². The smallest absolute Gasteiger partial charge is 0.0375 e. The molecule has 1 saturated carbocycles. The van der Waals surface area contributed by atoms with Crippen molar-refractivity contribution < 1.29 is 0 Å². The third kappa shape index (κ3) is 2.82. The number of pyridine rings is 1. The zero-order valence-corrected chi connectivity index (χ0v) is 10.4. The van der Waals surface area contributed by atoms with Crippen LogP contribution in [-0.2, 0) is 0 Å². The summed E-state index contributed by atoms with van der Waals surface area (Å²) in [6.45, 7) is 3.26. The van der Waals surface area contributed by atoms with E-state index in [2.05, 4.69) is 36.4 Å². The summed E-state index contributed by atoms with van der Waals surface area (Å²) in [7, 11) is 2.05. The van der Waals surface area contributed by atoms with Gasteiger partial charge in [-0.25, -0.2) is 0 Å². The van der Waals surface area contributed by atoms with Gasteiger partial charge in [0.25, 0.3) is 0 Å². The second kappa shape index (κ2) is 5.44. The van der Waals surface area contributed by atoms with Crippen molar-refractivity contribution in [3.8, 4) is 0 Å². The average Bonchev–Trinajstić information content (AvgIpc) is 2.30. The Morgan fingerprint density at radius 3 is 2.69 bits per heavy atom. The van der Waals surface area contributed by atoms with E-state index in [-0.39, 0.29) is 0 Å². The fourth-order valence-electron chi connectivity index (χ4n) is 2.81. The Balaban J connectivity index is 1.94. The molecule has 1 heterocycles. The topological polar surface area (TPSA) is 24.9 Å². The van der Waals surface area contributed by atoms with E-state index in [0.717, 1.165) is 17.5 Å². The lowest BCUT2D eigenvalue weighted by atomic mass is 9.79.